The van der Waals surface area contributed by atoms with E-state index in [0.717, 1.165) is 16.8 Å². The van der Waals surface area contributed by atoms with Gasteiger partial charge in [0, 0.05) is 23.9 Å². The normalized spacial score (nSPS) is 10.7. The Balaban J connectivity index is 2.38. The summed E-state index contributed by atoms with van der Waals surface area (Å²) in [6.07, 6.45) is 0. The van der Waals surface area contributed by atoms with Gasteiger partial charge >= 0.3 is 0 Å². The summed E-state index contributed by atoms with van der Waals surface area (Å²) in [6.45, 7) is 4.56. The predicted octanol–water partition coefficient (Wildman–Crippen LogP) is 4.11. The zero-order valence-corrected chi connectivity index (χ0v) is 13.2. The van der Waals surface area contributed by atoms with Gasteiger partial charge in [-0.1, -0.05) is 0 Å². The molecular formula is C15H16BrFN2O. The van der Waals surface area contributed by atoms with Gasteiger partial charge in [-0.15, -0.1) is 0 Å². The zero-order chi connectivity index (χ0) is 14.7. The Bertz CT molecular complexity index is 632. The molecule has 3 nitrogen and oxygen atoms in total. The van der Waals surface area contributed by atoms with Crippen LogP contribution in [-0.4, -0.2) is 12.0 Å². The van der Waals surface area contributed by atoms with E-state index in [1.54, 1.807) is 12.1 Å². The molecule has 2 aromatic rings. The number of aromatic nitrogens is 1. The zero-order valence-electron chi connectivity index (χ0n) is 11.6. The van der Waals surface area contributed by atoms with Crippen molar-refractivity contribution in [1.29, 1.82) is 0 Å². The summed E-state index contributed by atoms with van der Waals surface area (Å²) in [6, 6.07) is 6.66. The number of aryl methyl sites for hydroxylation is 2. The van der Waals surface area contributed by atoms with Crippen molar-refractivity contribution < 1.29 is 9.13 Å². The first-order chi connectivity index (χ1) is 9.51. The van der Waals surface area contributed by atoms with Crippen molar-refractivity contribution in [2.45, 2.75) is 20.4 Å². The van der Waals surface area contributed by atoms with Crippen molar-refractivity contribution in [1.82, 2.24) is 10.3 Å². The second-order valence-corrected chi connectivity index (χ2v) is 5.43. The van der Waals surface area contributed by atoms with E-state index in [1.165, 1.54) is 6.07 Å². The molecule has 106 valence electrons. The summed E-state index contributed by atoms with van der Waals surface area (Å²) < 4.78 is 19.7. The molecule has 0 spiro atoms. The Kier molecular flexibility index (Phi) is 4.73. The van der Waals surface area contributed by atoms with Gasteiger partial charge in [0.25, 0.3) is 0 Å². The third kappa shape index (κ3) is 3.35. The maximum atomic E-state index is 13.5. The van der Waals surface area contributed by atoms with Gasteiger partial charge in [0.1, 0.15) is 11.6 Å². The first-order valence-corrected chi connectivity index (χ1v) is 7.05. The summed E-state index contributed by atoms with van der Waals surface area (Å²) in [7, 11) is 1.86. The minimum atomic E-state index is -0.359. The first-order valence-electron chi connectivity index (χ1n) is 6.26. The van der Waals surface area contributed by atoms with Crippen molar-refractivity contribution in [3.05, 3.63) is 51.4 Å². The van der Waals surface area contributed by atoms with E-state index in [0.29, 0.717) is 22.6 Å². The van der Waals surface area contributed by atoms with Crippen molar-refractivity contribution in [3.63, 3.8) is 0 Å². The largest absolute Gasteiger partial charge is 0.439 e. The van der Waals surface area contributed by atoms with E-state index in [4.69, 9.17) is 4.74 Å². The molecule has 5 heteroatoms. The molecule has 0 aliphatic heterocycles. The molecule has 1 aromatic carbocycles. The topological polar surface area (TPSA) is 34.2 Å². The lowest BCUT2D eigenvalue weighted by molar-refractivity contribution is 0.447. The lowest BCUT2D eigenvalue weighted by atomic mass is 10.1. The van der Waals surface area contributed by atoms with Crippen molar-refractivity contribution in [3.8, 4) is 11.6 Å². The third-order valence-corrected chi connectivity index (χ3v) is 3.54. The van der Waals surface area contributed by atoms with Crippen LogP contribution in [-0.2, 0) is 6.54 Å². The maximum Gasteiger partial charge on any atom is 0.224 e. The minimum Gasteiger partial charge on any atom is -0.439 e. The van der Waals surface area contributed by atoms with Gasteiger partial charge in [-0.05, 0) is 60.6 Å². The molecule has 0 fully saturated rings. The van der Waals surface area contributed by atoms with Crippen LogP contribution in [0.4, 0.5) is 4.39 Å². The van der Waals surface area contributed by atoms with Gasteiger partial charge in [-0.2, -0.15) is 0 Å². The summed E-state index contributed by atoms with van der Waals surface area (Å²) >= 11 is 3.12. The molecule has 1 N–H and O–H groups in total. The van der Waals surface area contributed by atoms with Gasteiger partial charge < -0.3 is 10.1 Å². The van der Waals surface area contributed by atoms with Crippen molar-refractivity contribution in [2.24, 2.45) is 0 Å². The van der Waals surface area contributed by atoms with Crippen LogP contribution >= 0.6 is 15.9 Å². The monoisotopic (exact) mass is 338 g/mol. The number of pyridine rings is 1. The number of benzene rings is 1. The lowest BCUT2D eigenvalue weighted by Crippen LogP contribution is -2.09. The average molecular weight is 339 g/mol. The Morgan fingerprint density at radius 3 is 2.70 bits per heavy atom. The van der Waals surface area contributed by atoms with E-state index in [-0.39, 0.29) is 5.82 Å². The fourth-order valence-corrected chi connectivity index (χ4v) is 2.20. The molecule has 0 radical (unpaired) electrons. The highest BCUT2D eigenvalue weighted by Crippen LogP contribution is 2.28. The van der Waals surface area contributed by atoms with Crippen molar-refractivity contribution in [2.75, 3.05) is 7.05 Å². The van der Waals surface area contributed by atoms with E-state index >= 15 is 0 Å². The molecule has 0 amide bonds. The molecular weight excluding hydrogens is 323 g/mol. The Labute approximate surface area is 126 Å². The van der Waals surface area contributed by atoms with Crippen LogP contribution in [0.2, 0.25) is 0 Å². The molecule has 0 saturated heterocycles. The van der Waals surface area contributed by atoms with Gasteiger partial charge in [0.05, 0.1) is 4.47 Å². The first kappa shape index (κ1) is 14.9. The number of hydrogen-bond acceptors (Lipinski definition) is 3. The van der Waals surface area contributed by atoms with Gasteiger partial charge in [0.15, 0.2) is 0 Å². The average Bonchev–Trinajstić information content (AvgIpc) is 2.38. The minimum absolute atomic E-state index is 0.359. The molecule has 0 bridgehead atoms. The van der Waals surface area contributed by atoms with Gasteiger partial charge in [0.2, 0.25) is 5.88 Å². The van der Waals surface area contributed by atoms with Gasteiger partial charge in [-0.3, -0.25) is 0 Å². The van der Waals surface area contributed by atoms with Crippen LogP contribution in [0.15, 0.2) is 28.7 Å². The SMILES string of the molecule is CNCc1c(C)cc(C)nc1Oc1ccc(Br)c(F)c1. The second-order valence-electron chi connectivity index (χ2n) is 4.57. The number of hydrogen-bond donors (Lipinski definition) is 1. The highest BCUT2D eigenvalue weighted by Gasteiger charge is 2.11. The number of nitrogens with zero attached hydrogens (tertiary/aromatic N) is 1. The number of rotatable bonds is 4. The Morgan fingerprint density at radius 2 is 2.05 bits per heavy atom. The van der Waals surface area contributed by atoms with E-state index in [2.05, 4.69) is 26.2 Å². The van der Waals surface area contributed by atoms with Crippen molar-refractivity contribution >= 4 is 15.9 Å². The van der Waals surface area contributed by atoms with Crippen LogP contribution in [0.1, 0.15) is 16.8 Å². The smallest absolute Gasteiger partial charge is 0.224 e. The Morgan fingerprint density at radius 1 is 1.30 bits per heavy atom. The maximum absolute atomic E-state index is 13.5. The van der Waals surface area contributed by atoms with Crippen LogP contribution in [0.5, 0.6) is 11.6 Å². The summed E-state index contributed by atoms with van der Waals surface area (Å²) in [5, 5.41) is 3.09. The summed E-state index contributed by atoms with van der Waals surface area (Å²) in [5.41, 5.74) is 2.94. The predicted molar refractivity (Wildman–Crippen MR) is 80.6 cm³/mol. The van der Waals surface area contributed by atoms with Crippen LogP contribution in [0, 0.1) is 19.7 Å². The molecule has 0 saturated carbocycles. The van der Waals surface area contributed by atoms with Crippen LogP contribution < -0.4 is 10.1 Å². The highest BCUT2D eigenvalue weighted by atomic mass is 79.9. The molecule has 20 heavy (non-hydrogen) atoms. The van der Waals surface area contributed by atoms with Crippen LogP contribution in [0.25, 0.3) is 0 Å². The van der Waals surface area contributed by atoms with E-state index in [9.17, 15) is 4.39 Å². The van der Waals surface area contributed by atoms with Crippen LogP contribution in [0.3, 0.4) is 0 Å². The molecule has 1 heterocycles. The molecule has 0 aliphatic carbocycles. The standard InChI is InChI=1S/C15H16BrFN2O/c1-9-6-10(2)19-15(12(9)8-18-3)20-11-4-5-13(16)14(17)7-11/h4-7,18H,8H2,1-3H3. The van der Waals surface area contributed by atoms with E-state index < -0.39 is 0 Å². The third-order valence-electron chi connectivity index (χ3n) is 2.90. The summed E-state index contributed by atoms with van der Waals surface area (Å²) in [4.78, 5) is 4.40. The molecule has 0 aliphatic rings. The quantitative estimate of drug-likeness (QED) is 0.910. The molecule has 0 atom stereocenters. The van der Waals surface area contributed by atoms with Gasteiger partial charge in [-0.25, -0.2) is 9.37 Å². The summed E-state index contributed by atoms with van der Waals surface area (Å²) in [5.74, 6) is 0.584. The number of nitrogens with one attached hydrogen (secondary N) is 1. The van der Waals surface area contributed by atoms with E-state index in [1.807, 2.05) is 27.0 Å². The second kappa shape index (κ2) is 6.33. The fourth-order valence-electron chi connectivity index (χ4n) is 1.96. The molecule has 0 unspecified atom stereocenters. The highest BCUT2D eigenvalue weighted by molar-refractivity contribution is 9.10. The number of halogens is 2. The fraction of sp³-hybridized carbons (Fsp3) is 0.267. The molecule has 2 rings (SSSR count). The lowest BCUT2D eigenvalue weighted by Gasteiger charge is -2.13. The Hall–Kier alpha value is -1.46. The molecule has 1 aromatic heterocycles. The number of ether oxygens (including phenoxy) is 1.